The van der Waals surface area contributed by atoms with E-state index in [1.807, 2.05) is 43.3 Å². The number of para-hydroxylation sites is 2. The van der Waals surface area contributed by atoms with Gasteiger partial charge in [-0.05, 0) is 47.1 Å². The molecule has 4 nitrogen and oxygen atoms in total. The standard InChI is InChI=1S/C15H13BrN4/c1-9(17)14-15(13-7-6-10(16)8-18-13)20-12-5-3-2-4-11(12)19-14/h2-9H,17H2,1H3/t9-/m0/s1. The Labute approximate surface area is 125 Å². The maximum Gasteiger partial charge on any atom is 0.112 e. The van der Waals surface area contributed by atoms with Gasteiger partial charge in [-0.1, -0.05) is 12.1 Å². The van der Waals surface area contributed by atoms with Gasteiger partial charge in [0.2, 0.25) is 0 Å². The second-order valence-electron chi connectivity index (χ2n) is 4.60. The number of nitrogens with zero attached hydrogens (tertiary/aromatic N) is 3. The van der Waals surface area contributed by atoms with E-state index in [4.69, 9.17) is 5.73 Å². The summed E-state index contributed by atoms with van der Waals surface area (Å²) in [4.78, 5) is 13.7. The predicted octanol–water partition coefficient (Wildman–Crippen LogP) is 3.47. The van der Waals surface area contributed by atoms with Gasteiger partial charge in [-0.25, -0.2) is 9.97 Å². The molecule has 5 heteroatoms. The molecule has 3 aromatic rings. The van der Waals surface area contributed by atoms with Gasteiger partial charge >= 0.3 is 0 Å². The Kier molecular flexibility index (Phi) is 3.46. The highest BCUT2D eigenvalue weighted by Gasteiger charge is 2.15. The summed E-state index contributed by atoms with van der Waals surface area (Å²) < 4.78 is 0.928. The first-order valence-electron chi connectivity index (χ1n) is 6.29. The summed E-state index contributed by atoms with van der Waals surface area (Å²) >= 11 is 3.38. The van der Waals surface area contributed by atoms with E-state index >= 15 is 0 Å². The molecule has 2 N–H and O–H groups in total. The van der Waals surface area contributed by atoms with Crippen LogP contribution in [-0.4, -0.2) is 15.0 Å². The predicted molar refractivity (Wildman–Crippen MR) is 83.1 cm³/mol. The van der Waals surface area contributed by atoms with Crippen LogP contribution in [0.2, 0.25) is 0 Å². The Hall–Kier alpha value is -1.85. The van der Waals surface area contributed by atoms with Crippen LogP contribution < -0.4 is 5.73 Å². The van der Waals surface area contributed by atoms with E-state index in [-0.39, 0.29) is 6.04 Å². The summed E-state index contributed by atoms with van der Waals surface area (Å²) in [5.74, 6) is 0. The van der Waals surface area contributed by atoms with Crippen molar-refractivity contribution < 1.29 is 0 Å². The van der Waals surface area contributed by atoms with Gasteiger partial charge in [-0.15, -0.1) is 0 Å². The molecule has 0 amide bonds. The van der Waals surface area contributed by atoms with Crippen LogP contribution >= 0.6 is 15.9 Å². The highest BCUT2D eigenvalue weighted by molar-refractivity contribution is 9.10. The second-order valence-corrected chi connectivity index (χ2v) is 5.51. The topological polar surface area (TPSA) is 64.7 Å². The fourth-order valence-corrected chi connectivity index (χ4v) is 2.27. The zero-order valence-corrected chi connectivity index (χ0v) is 12.5. The molecule has 1 atom stereocenters. The molecule has 0 saturated heterocycles. The maximum atomic E-state index is 6.03. The Bertz CT molecular complexity index is 753. The number of benzene rings is 1. The highest BCUT2D eigenvalue weighted by Crippen LogP contribution is 2.25. The Morgan fingerprint density at radius 3 is 2.35 bits per heavy atom. The molecule has 0 radical (unpaired) electrons. The largest absolute Gasteiger partial charge is 0.323 e. The minimum Gasteiger partial charge on any atom is -0.323 e. The number of rotatable bonds is 2. The molecule has 2 heterocycles. The van der Waals surface area contributed by atoms with Crippen molar-refractivity contribution in [1.82, 2.24) is 15.0 Å². The van der Waals surface area contributed by atoms with Crippen molar-refractivity contribution in [1.29, 1.82) is 0 Å². The summed E-state index contributed by atoms with van der Waals surface area (Å²) in [6, 6.07) is 11.4. The summed E-state index contributed by atoms with van der Waals surface area (Å²) in [7, 11) is 0. The van der Waals surface area contributed by atoms with E-state index < -0.39 is 0 Å². The molecule has 3 rings (SSSR count). The third kappa shape index (κ3) is 2.42. The third-order valence-corrected chi connectivity index (χ3v) is 3.47. The minimum absolute atomic E-state index is 0.201. The molecule has 0 saturated carbocycles. The van der Waals surface area contributed by atoms with E-state index in [1.165, 1.54) is 0 Å². The van der Waals surface area contributed by atoms with E-state index in [9.17, 15) is 0 Å². The number of hydrogen-bond donors (Lipinski definition) is 1. The first kappa shape index (κ1) is 13.1. The van der Waals surface area contributed by atoms with Crippen molar-refractivity contribution in [2.45, 2.75) is 13.0 Å². The van der Waals surface area contributed by atoms with Gasteiger partial charge in [0.15, 0.2) is 0 Å². The molecule has 1 aromatic carbocycles. The highest BCUT2D eigenvalue weighted by atomic mass is 79.9. The van der Waals surface area contributed by atoms with Crippen molar-refractivity contribution in [3.8, 4) is 11.4 Å². The van der Waals surface area contributed by atoms with Crippen LogP contribution in [-0.2, 0) is 0 Å². The zero-order chi connectivity index (χ0) is 14.1. The van der Waals surface area contributed by atoms with Gasteiger partial charge in [-0.3, -0.25) is 4.98 Å². The number of fused-ring (bicyclic) bond motifs is 1. The molecular formula is C15H13BrN4. The average Bonchev–Trinajstić information content (AvgIpc) is 2.46. The summed E-state index contributed by atoms with van der Waals surface area (Å²) in [6.45, 7) is 1.90. The molecule has 20 heavy (non-hydrogen) atoms. The second kappa shape index (κ2) is 5.26. The molecule has 0 aliphatic heterocycles. The summed E-state index contributed by atoms with van der Waals surface area (Å²) in [5, 5.41) is 0. The van der Waals surface area contributed by atoms with Crippen molar-refractivity contribution in [3.05, 3.63) is 52.8 Å². The van der Waals surface area contributed by atoms with Gasteiger partial charge in [-0.2, -0.15) is 0 Å². The molecule has 0 spiro atoms. The van der Waals surface area contributed by atoms with Crippen LogP contribution in [0.15, 0.2) is 47.1 Å². The normalized spacial score (nSPS) is 12.6. The maximum absolute atomic E-state index is 6.03. The van der Waals surface area contributed by atoms with Crippen LogP contribution in [0, 0.1) is 0 Å². The van der Waals surface area contributed by atoms with E-state index in [1.54, 1.807) is 6.20 Å². The zero-order valence-electron chi connectivity index (χ0n) is 10.9. The van der Waals surface area contributed by atoms with Crippen LogP contribution in [0.25, 0.3) is 22.4 Å². The first-order valence-corrected chi connectivity index (χ1v) is 7.08. The summed E-state index contributed by atoms with van der Waals surface area (Å²) in [6.07, 6.45) is 1.75. The molecule has 0 bridgehead atoms. The van der Waals surface area contributed by atoms with Crippen molar-refractivity contribution in [3.63, 3.8) is 0 Å². The van der Waals surface area contributed by atoms with E-state index in [2.05, 4.69) is 30.9 Å². The lowest BCUT2D eigenvalue weighted by Gasteiger charge is -2.12. The van der Waals surface area contributed by atoms with Gasteiger partial charge < -0.3 is 5.73 Å². The minimum atomic E-state index is -0.201. The van der Waals surface area contributed by atoms with Crippen molar-refractivity contribution >= 4 is 27.0 Å². The van der Waals surface area contributed by atoms with Crippen molar-refractivity contribution in [2.24, 2.45) is 5.73 Å². The fraction of sp³-hybridized carbons (Fsp3) is 0.133. The smallest absolute Gasteiger partial charge is 0.112 e. The average molecular weight is 329 g/mol. The van der Waals surface area contributed by atoms with Crippen molar-refractivity contribution in [2.75, 3.05) is 0 Å². The molecule has 2 aromatic heterocycles. The molecule has 100 valence electrons. The number of nitrogens with two attached hydrogens (primary N) is 1. The molecular weight excluding hydrogens is 316 g/mol. The van der Waals surface area contributed by atoms with Gasteiger partial charge in [0, 0.05) is 16.7 Å². The number of halogens is 1. The molecule has 0 aliphatic carbocycles. The number of hydrogen-bond acceptors (Lipinski definition) is 4. The van der Waals surface area contributed by atoms with Gasteiger partial charge in [0.05, 0.1) is 22.4 Å². The third-order valence-electron chi connectivity index (χ3n) is 3.00. The Balaban J connectivity index is 2.26. The Morgan fingerprint density at radius 2 is 1.75 bits per heavy atom. The molecule has 0 fully saturated rings. The lowest BCUT2D eigenvalue weighted by Crippen LogP contribution is -2.11. The fourth-order valence-electron chi connectivity index (χ4n) is 2.04. The number of pyridine rings is 1. The number of aromatic nitrogens is 3. The lowest BCUT2D eigenvalue weighted by atomic mass is 10.1. The molecule has 0 aliphatic rings. The summed E-state index contributed by atoms with van der Waals surface area (Å²) in [5.41, 5.74) is 10.0. The van der Waals surface area contributed by atoms with Gasteiger partial charge in [0.25, 0.3) is 0 Å². The van der Waals surface area contributed by atoms with Crippen LogP contribution in [0.3, 0.4) is 0 Å². The lowest BCUT2D eigenvalue weighted by molar-refractivity contribution is 0.782. The quantitative estimate of drug-likeness (QED) is 0.782. The van der Waals surface area contributed by atoms with Crippen LogP contribution in [0.5, 0.6) is 0 Å². The SMILES string of the molecule is C[C@H](N)c1nc2ccccc2nc1-c1ccc(Br)cn1. The van der Waals surface area contributed by atoms with E-state index in [0.29, 0.717) is 0 Å². The first-order chi connectivity index (χ1) is 9.65. The van der Waals surface area contributed by atoms with E-state index in [0.717, 1.165) is 32.6 Å². The Morgan fingerprint density at radius 1 is 1.05 bits per heavy atom. The monoisotopic (exact) mass is 328 g/mol. The van der Waals surface area contributed by atoms with Crippen LogP contribution in [0.1, 0.15) is 18.7 Å². The molecule has 0 unspecified atom stereocenters. The van der Waals surface area contributed by atoms with Crippen LogP contribution in [0.4, 0.5) is 0 Å². The van der Waals surface area contributed by atoms with Gasteiger partial charge in [0.1, 0.15) is 5.69 Å².